The summed E-state index contributed by atoms with van der Waals surface area (Å²) >= 11 is 6.15. The van der Waals surface area contributed by atoms with Crippen LogP contribution < -0.4 is 0 Å². The molecule has 0 aliphatic carbocycles. The van der Waals surface area contributed by atoms with E-state index in [2.05, 4.69) is 16.0 Å². The Balaban J connectivity index is 2.31. The molecule has 3 nitrogen and oxygen atoms in total. The second-order valence-corrected chi connectivity index (χ2v) is 5.55. The Morgan fingerprint density at radius 3 is 2.95 bits per heavy atom. The second-order valence-electron chi connectivity index (χ2n) is 5.19. The lowest BCUT2D eigenvalue weighted by atomic mass is 9.92. The Morgan fingerprint density at radius 2 is 2.24 bits per heavy atom. The van der Waals surface area contributed by atoms with Gasteiger partial charge in [-0.25, -0.2) is 9.37 Å². The lowest BCUT2D eigenvalue weighted by molar-refractivity contribution is 0.310. The molecule has 0 fully saturated rings. The number of pyridine rings is 1. The fraction of sp³-hybridized carbons (Fsp3) is 0.250. The first-order valence-electron chi connectivity index (χ1n) is 6.66. The van der Waals surface area contributed by atoms with E-state index in [1.165, 1.54) is 12.1 Å². The molecule has 0 amide bonds. The molecule has 2 aromatic rings. The number of hydrogen-bond acceptors (Lipinski definition) is 3. The molecule has 1 aromatic carbocycles. The van der Waals surface area contributed by atoms with Gasteiger partial charge in [-0.2, -0.15) is 5.26 Å². The van der Waals surface area contributed by atoms with E-state index in [0.717, 1.165) is 24.2 Å². The molecular weight excluding hydrogens is 289 g/mol. The zero-order valence-electron chi connectivity index (χ0n) is 11.5. The van der Waals surface area contributed by atoms with Crippen molar-refractivity contribution >= 4 is 11.6 Å². The van der Waals surface area contributed by atoms with Crippen LogP contribution in [0.2, 0.25) is 5.15 Å². The number of nitriles is 1. The summed E-state index contributed by atoms with van der Waals surface area (Å²) in [5.74, 6) is -0.331. The summed E-state index contributed by atoms with van der Waals surface area (Å²) < 4.78 is 13.6. The molecule has 0 atom stereocenters. The minimum absolute atomic E-state index is 0.195. The summed E-state index contributed by atoms with van der Waals surface area (Å²) in [7, 11) is 2.01. The zero-order valence-corrected chi connectivity index (χ0v) is 12.3. The molecule has 0 radical (unpaired) electrons. The smallest absolute Gasteiger partial charge is 0.147 e. The maximum absolute atomic E-state index is 13.6. The van der Waals surface area contributed by atoms with Crippen molar-refractivity contribution < 1.29 is 4.39 Å². The number of hydrogen-bond donors (Lipinski definition) is 0. The molecule has 0 saturated heterocycles. The lowest BCUT2D eigenvalue weighted by Crippen LogP contribution is -2.28. The highest BCUT2D eigenvalue weighted by Crippen LogP contribution is 2.35. The van der Waals surface area contributed by atoms with Gasteiger partial charge in [0.05, 0.1) is 5.56 Å². The van der Waals surface area contributed by atoms with Crippen molar-refractivity contribution in [2.75, 3.05) is 13.6 Å². The van der Waals surface area contributed by atoms with Crippen LogP contribution in [-0.4, -0.2) is 23.5 Å². The molecule has 0 spiro atoms. The van der Waals surface area contributed by atoms with Crippen molar-refractivity contribution in [3.8, 4) is 17.2 Å². The van der Waals surface area contributed by atoms with E-state index in [0.29, 0.717) is 23.2 Å². The lowest BCUT2D eigenvalue weighted by Gasteiger charge is -2.27. The van der Waals surface area contributed by atoms with Crippen LogP contribution in [0.1, 0.15) is 16.8 Å². The SMILES string of the molecule is CN1CCc2nc(Cl)c(C#N)c(-c3cccc(F)c3)c2C1. The van der Waals surface area contributed by atoms with Crippen molar-refractivity contribution in [3.63, 3.8) is 0 Å². The first-order valence-corrected chi connectivity index (χ1v) is 7.03. The molecule has 5 heteroatoms. The predicted octanol–water partition coefficient (Wildman–Crippen LogP) is 3.40. The van der Waals surface area contributed by atoms with Crippen LogP contribution in [0.25, 0.3) is 11.1 Å². The van der Waals surface area contributed by atoms with Crippen LogP contribution in [0.5, 0.6) is 0 Å². The Bertz CT molecular complexity index is 752. The van der Waals surface area contributed by atoms with E-state index in [4.69, 9.17) is 11.6 Å². The molecule has 106 valence electrons. The Kier molecular flexibility index (Phi) is 3.62. The third kappa shape index (κ3) is 2.51. The van der Waals surface area contributed by atoms with Crippen LogP contribution in [0.4, 0.5) is 4.39 Å². The van der Waals surface area contributed by atoms with Gasteiger partial charge in [0.2, 0.25) is 0 Å². The van der Waals surface area contributed by atoms with Gasteiger partial charge in [-0.05, 0) is 30.3 Å². The largest absolute Gasteiger partial charge is 0.302 e. The molecule has 0 bridgehead atoms. The van der Waals surface area contributed by atoms with Gasteiger partial charge < -0.3 is 4.90 Å². The Hall–Kier alpha value is -1.96. The predicted molar refractivity (Wildman–Crippen MR) is 79.4 cm³/mol. The van der Waals surface area contributed by atoms with Gasteiger partial charge in [0.25, 0.3) is 0 Å². The molecule has 0 saturated carbocycles. The van der Waals surface area contributed by atoms with Gasteiger partial charge in [-0.15, -0.1) is 0 Å². The van der Waals surface area contributed by atoms with Crippen LogP contribution >= 0.6 is 11.6 Å². The number of halogens is 2. The number of fused-ring (bicyclic) bond motifs is 1. The molecule has 0 unspecified atom stereocenters. The third-order valence-electron chi connectivity index (χ3n) is 3.72. The summed E-state index contributed by atoms with van der Waals surface area (Å²) in [6.45, 7) is 1.57. The van der Waals surface area contributed by atoms with Crippen molar-refractivity contribution in [2.45, 2.75) is 13.0 Å². The zero-order chi connectivity index (χ0) is 15.0. The van der Waals surface area contributed by atoms with Gasteiger partial charge in [-0.1, -0.05) is 23.7 Å². The van der Waals surface area contributed by atoms with Crippen molar-refractivity contribution in [2.24, 2.45) is 0 Å². The van der Waals surface area contributed by atoms with E-state index >= 15 is 0 Å². The molecule has 1 aromatic heterocycles. The first kappa shape index (κ1) is 14.0. The maximum Gasteiger partial charge on any atom is 0.147 e. The van der Waals surface area contributed by atoms with E-state index < -0.39 is 0 Å². The average Bonchev–Trinajstić information content (AvgIpc) is 2.46. The summed E-state index contributed by atoms with van der Waals surface area (Å²) in [5, 5.41) is 9.61. The number of aromatic nitrogens is 1. The fourth-order valence-corrected chi connectivity index (χ4v) is 2.97. The van der Waals surface area contributed by atoms with Crippen molar-refractivity contribution in [3.05, 3.63) is 52.1 Å². The van der Waals surface area contributed by atoms with Crippen LogP contribution in [-0.2, 0) is 13.0 Å². The van der Waals surface area contributed by atoms with Gasteiger partial charge in [0.1, 0.15) is 17.0 Å². The Labute approximate surface area is 127 Å². The maximum atomic E-state index is 13.6. The standard InChI is InChI=1S/C16H13ClFN3/c1-21-6-5-14-13(9-21)15(12(8-19)16(17)20-14)10-3-2-4-11(18)7-10/h2-4,7H,5-6,9H2,1H3. The minimum atomic E-state index is -0.331. The van der Waals surface area contributed by atoms with E-state index in [1.807, 2.05) is 7.05 Å². The third-order valence-corrected chi connectivity index (χ3v) is 4.00. The topological polar surface area (TPSA) is 39.9 Å². The van der Waals surface area contributed by atoms with Gasteiger partial charge >= 0.3 is 0 Å². The summed E-state index contributed by atoms with van der Waals surface area (Å²) in [5.41, 5.74) is 3.56. The highest BCUT2D eigenvalue weighted by Gasteiger charge is 2.24. The average molecular weight is 302 g/mol. The second kappa shape index (κ2) is 5.44. The molecule has 0 N–H and O–H groups in total. The molecule has 2 heterocycles. The van der Waals surface area contributed by atoms with Gasteiger partial charge in [-0.3, -0.25) is 0 Å². The van der Waals surface area contributed by atoms with Crippen molar-refractivity contribution in [1.29, 1.82) is 5.26 Å². The minimum Gasteiger partial charge on any atom is -0.302 e. The van der Waals surface area contributed by atoms with Gasteiger partial charge in [0, 0.05) is 30.8 Å². The molecular formula is C16H13ClFN3. The van der Waals surface area contributed by atoms with Crippen LogP contribution in [0.15, 0.2) is 24.3 Å². The Morgan fingerprint density at radius 1 is 1.43 bits per heavy atom. The molecule has 3 rings (SSSR count). The molecule has 21 heavy (non-hydrogen) atoms. The molecule has 1 aliphatic rings. The van der Waals surface area contributed by atoms with Crippen LogP contribution in [0.3, 0.4) is 0 Å². The normalized spacial score (nSPS) is 14.6. The van der Waals surface area contributed by atoms with E-state index in [9.17, 15) is 9.65 Å². The number of nitrogens with zero attached hydrogens (tertiary/aromatic N) is 3. The fourth-order valence-electron chi connectivity index (χ4n) is 2.73. The van der Waals surface area contributed by atoms with Crippen LogP contribution in [0, 0.1) is 17.1 Å². The number of benzene rings is 1. The van der Waals surface area contributed by atoms with Crippen molar-refractivity contribution in [1.82, 2.24) is 9.88 Å². The highest BCUT2D eigenvalue weighted by molar-refractivity contribution is 6.31. The van der Waals surface area contributed by atoms with E-state index in [-0.39, 0.29) is 11.0 Å². The summed E-state index contributed by atoms with van der Waals surface area (Å²) in [6, 6.07) is 8.36. The van der Waals surface area contributed by atoms with Gasteiger partial charge in [0.15, 0.2) is 0 Å². The highest BCUT2D eigenvalue weighted by atomic mass is 35.5. The summed E-state index contributed by atoms with van der Waals surface area (Å²) in [4.78, 5) is 6.50. The molecule has 1 aliphatic heterocycles. The quantitative estimate of drug-likeness (QED) is 0.758. The number of rotatable bonds is 1. The summed E-state index contributed by atoms with van der Waals surface area (Å²) in [6.07, 6.45) is 0.777. The van der Waals surface area contributed by atoms with E-state index in [1.54, 1.807) is 12.1 Å². The number of likely N-dealkylation sites (N-methyl/N-ethyl adjacent to an activating group) is 1. The monoisotopic (exact) mass is 301 g/mol. The first-order chi connectivity index (χ1) is 10.1.